The Morgan fingerprint density at radius 2 is 1.64 bits per heavy atom. The smallest absolute Gasteiger partial charge is 0.198 e. The molecule has 1 unspecified atom stereocenters. The highest BCUT2D eigenvalue weighted by atomic mass is 32.2. The molecule has 1 saturated heterocycles. The maximum absolute atomic E-state index is 14.6. The largest absolute Gasteiger partial charge is 0.495 e. The van der Waals surface area contributed by atoms with Gasteiger partial charge in [0.25, 0.3) is 0 Å². The molecule has 1 heterocycles. The van der Waals surface area contributed by atoms with Crippen molar-refractivity contribution in [1.82, 2.24) is 14.5 Å². The molecule has 0 aromatic heterocycles. The van der Waals surface area contributed by atoms with Gasteiger partial charge < -0.3 is 14.4 Å². The number of hydrogen-bond acceptors (Lipinski definition) is 6. The predicted molar refractivity (Wildman–Crippen MR) is 166 cm³/mol. The Balaban J connectivity index is 0.00000344. The fraction of sp³-hybridized carbons (Fsp3) is 0.548. The normalized spacial score (nSPS) is 15.4. The second-order valence-electron chi connectivity index (χ2n) is 8.19. The summed E-state index contributed by atoms with van der Waals surface area (Å²) in [5.41, 5.74) is 0.356. The number of halogens is 2. The number of ether oxygens (including phenoxy) is 2. The minimum Gasteiger partial charge on any atom is -0.495 e. The van der Waals surface area contributed by atoms with E-state index >= 15 is 0 Å². The standard InChI is InChI=1S/C27H39F2N3O2S.2C2H6/c1-6-24(12-10-22(5)35-30-13-14-32-17-15-31(7-2)16-18-32)34-27-25(28)19-23(20-26(27)29)11-9-21(4)33-8-3;2*1-2/h6,9-12,19-20,22,30H,4,7-8,13-18H2,1-3,5H3;2*1-2H3/b11-9+,12-10-,24-6+;;. The molecule has 39 heavy (non-hydrogen) atoms. The molecular formula is C31H51F2N3O2S. The van der Waals surface area contributed by atoms with E-state index in [1.165, 1.54) is 12.1 Å². The molecule has 0 amide bonds. The molecule has 222 valence electrons. The van der Waals surface area contributed by atoms with Crippen LogP contribution in [0.5, 0.6) is 5.75 Å². The van der Waals surface area contributed by atoms with E-state index in [0.717, 1.165) is 45.8 Å². The summed E-state index contributed by atoms with van der Waals surface area (Å²) in [4.78, 5) is 4.95. The van der Waals surface area contributed by atoms with Gasteiger partial charge in [0.15, 0.2) is 17.4 Å². The molecule has 1 atom stereocenters. The lowest BCUT2D eigenvalue weighted by Crippen LogP contribution is -2.47. The van der Waals surface area contributed by atoms with Crippen molar-refractivity contribution in [3.8, 4) is 5.75 Å². The summed E-state index contributed by atoms with van der Waals surface area (Å²) in [5.74, 6) is -1.18. The quantitative estimate of drug-likeness (QED) is 0.108. The Morgan fingerprint density at radius 1 is 1.05 bits per heavy atom. The molecule has 1 aliphatic heterocycles. The minimum absolute atomic E-state index is 0.158. The Kier molecular flexibility index (Phi) is 21.4. The predicted octanol–water partition coefficient (Wildman–Crippen LogP) is 7.68. The number of nitrogens with one attached hydrogen (secondary N) is 1. The van der Waals surface area contributed by atoms with Crippen LogP contribution in [0.4, 0.5) is 8.78 Å². The van der Waals surface area contributed by atoms with Gasteiger partial charge in [-0.25, -0.2) is 8.78 Å². The summed E-state index contributed by atoms with van der Waals surface area (Å²) in [6, 6.07) is 2.44. The Bertz CT molecular complexity index is 875. The van der Waals surface area contributed by atoms with E-state index in [1.807, 2.05) is 40.7 Å². The molecule has 5 nitrogen and oxygen atoms in total. The van der Waals surface area contributed by atoms with Crippen LogP contribution in [-0.2, 0) is 4.74 Å². The Morgan fingerprint density at radius 3 is 2.18 bits per heavy atom. The zero-order chi connectivity index (χ0) is 29.6. The number of allylic oxidation sites excluding steroid dienone is 3. The molecule has 0 bridgehead atoms. The molecule has 0 aliphatic carbocycles. The zero-order valence-corrected chi connectivity index (χ0v) is 26.2. The van der Waals surface area contributed by atoms with Crippen molar-refractivity contribution in [2.45, 2.75) is 60.6 Å². The van der Waals surface area contributed by atoms with Gasteiger partial charge in [-0.15, -0.1) is 0 Å². The van der Waals surface area contributed by atoms with Gasteiger partial charge in [0, 0.05) is 44.5 Å². The van der Waals surface area contributed by atoms with Crippen molar-refractivity contribution in [2.24, 2.45) is 0 Å². The number of benzene rings is 1. The van der Waals surface area contributed by atoms with Crippen molar-refractivity contribution in [3.63, 3.8) is 0 Å². The van der Waals surface area contributed by atoms with Gasteiger partial charge in [-0.1, -0.05) is 65.3 Å². The summed E-state index contributed by atoms with van der Waals surface area (Å²) in [6.07, 6.45) is 8.47. The van der Waals surface area contributed by atoms with Gasteiger partial charge in [0.2, 0.25) is 0 Å². The maximum atomic E-state index is 14.6. The van der Waals surface area contributed by atoms with Crippen molar-refractivity contribution in [3.05, 3.63) is 71.7 Å². The fourth-order valence-electron chi connectivity index (χ4n) is 3.50. The van der Waals surface area contributed by atoms with Crippen molar-refractivity contribution >= 4 is 18.0 Å². The number of rotatable bonds is 14. The Hall–Kier alpha value is -2.13. The van der Waals surface area contributed by atoms with E-state index in [2.05, 4.69) is 34.9 Å². The van der Waals surface area contributed by atoms with Crippen LogP contribution >= 0.6 is 11.9 Å². The summed E-state index contributed by atoms with van der Waals surface area (Å²) >= 11 is 1.62. The molecule has 1 fully saturated rings. The molecular weight excluding hydrogens is 516 g/mol. The Labute approximate surface area is 241 Å². The van der Waals surface area contributed by atoms with E-state index in [9.17, 15) is 8.78 Å². The van der Waals surface area contributed by atoms with Gasteiger partial charge in [0.05, 0.1) is 6.61 Å². The van der Waals surface area contributed by atoms with Crippen LogP contribution in [0, 0.1) is 11.6 Å². The molecule has 0 saturated carbocycles. The van der Waals surface area contributed by atoms with Gasteiger partial charge in [-0.2, -0.15) is 0 Å². The number of piperazine rings is 1. The summed E-state index contributed by atoms with van der Waals surface area (Å²) in [6.45, 7) is 27.6. The molecule has 1 aromatic rings. The van der Waals surface area contributed by atoms with Crippen LogP contribution in [0.25, 0.3) is 6.08 Å². The first-order valence-corrected chi connectivity index (χ1v) is 15.1. The van der Waals surface area contributed by atoms with Crippen LogP contribution in [0.1, 0.15) is 61.0 Å². The first-order valence-electron chi connectivity index (χ1n) is 14.2. The average Bonchev–Trinajstić information content (AvgIpc) is 2.96. The third kappa shape index (κ3) is 15.3. The number of nitrogens with zero attached hydrogens (tertiary/aromatic N) is 2. The van der Waals surface area contributed by atoms with E-state index in [0.29, 0.717) is 23.7 Å². The topological polar surface area (TPSA) is 37.0 Å². The molecule has 1 aliphatic rings. The summed E-state index contributed by atoms with van der Waals surface area (Å²) < 4.78 is 43.3. The van der Waals surface area contributed by atoms with Crippen LogP contribution in [0.3, 0.4) is 0 Å². The second kappa shape index (κ2) is 22.7. The highest BCUT2D eigenvalue weighted by molar-refractivity contribution is 7.98. The van der Waals surface area contributed by atoms with Gasteiger partial charge in [-0.05, 0) is 63.2 Å². The van der Waals surface area contributed by atoms with Crippen molar-refractivity contribution < 1.29 is 18.3 Å². The van der Waals surface area contributed by atoms with E-state index in [-0.39, 0.29) is 5.25 Å². The first kappa shape index (κ1) is 36.9. The molecule has 1 N–H and O–H groups in total. The van der Waals surface area contributed by atoms with E-state index in [4.69, 9.17) is 9.47 Å². The molecule has 0 radical (unpaired) electrons. The lowest BCUT2D eigenvalue weighted by molar-refractivity contribution is 0.139. The first-order chi connectivity index (χ1) is 18.9. The van der Waals surface area contributed by atoms with E-state index < -0.39 is 17.4 Å². The van der Waals surface area contributed by atoms with E-state index in [1.54, 1.807) is 43.2 Å². The summed E-state index contributed by atoms with van der Waals surface area (Å²) in [7, 11) is 0. The molecule has 0 spiro atoms. The van der Waals surface area contributed by atoms with Crippen LogP contribution < -0.4 is 9.46 Å². The second-order valence-corrected chi connectivity index (χ2v) is 9.46. The lowest BCUT2D eigenvalue weighted by atomic mass is 10.2. The third-order valence-corrected chi connectivity index (χ3v) is 6.46. The lowest BCUT2D eigenvalue weighted by Gasteiger charge is -2.33. The highest BCUT2D eigenvalue weighted by Crippen LogP contribution is 2.26. The minimum atomic E-state index is -0.775. The van der Waals surface area contributed by atoms with Crippen molar-refractivity contribution in [2.75, 3.05) is 52.4 Å². The van der Waals surface area contributed by atoms with Crippen molar-refractivity contribution in [1.29, 1.82) is 0 Å². The molecule has 8 heteroatoms. The average molecular weight is 568 g/mol. The maximum Gasteiger partial charge on any atom is 0.198 e. The summed E-state index contributed by atoms with van der Waals surface area (Å²) in [5, 5.41) is 0.158. The van der Waals surface area contributed by atoms with Gasteiger partial charge in [-0.3, -0.25) is 9.62 Å². The van der Waals surface area contributed by atoms with Gasteiger partial charge >= 0.3 is 0 Å². The van der Waals surface area contributed by atoms with Crippen LogP contribution in [-0.4, -0.2) is 67.5 Å². The van der Waals surface area contributed by atoms with Gasteiger partial charge in [0.1, 0.15) is 11.5 Å². The molecule has 1 aromatic carbocycles. The van der Waals surface area contributed by atoms with Crippen LogP contribution in [0.2, 0.25) is 0 Å². The fourth-order valence-corrected chi connectivity index (χ4v) is 4.12. The zero-order valence-electron chi connectivity index (χ0n) is 25.4. The number of hydrogen-bond donors (Lipinski definition) is 1. The number of likely N-dealkylation sites (N-methyl/N-ethyl adjacent to an activating group) is 1. The molecule has 2 rings (SSSR count). The highest BCUT2D eigenvalue weighted by Gasteiger charge is 2.15. The SMILES string of the molecule is C=C(/C=C/c1cc(F)c(OC(/C=C\C(C)SNCCN2CCN(CC)CC2)=C/C)c(F)c1)OCC.CC.CC. The van der Waals surface area contributed by atoms with Crippen LogP contribution in [0.15, 0.2) is 54.5 Å². The third-order valence-electron chi connectivity index (χ3n) is 5.56. The monoisotopic (exact) mass is 567 g/mol.